The van der Waals surface area contributed by atoms with Crippen molar-refractivity contribution in [1.82, 2.24) is 5.16 Å². The van der Waals surface area contributed by atoms with Gasteiger partial charge in [-0.2, -0.15) is 0 Å². The molecule has 6 heteroatoms. The molecule has 0 atom stereocenters. The summed E-state index contributed by atoms with van der Waals surface area (Å²) in [6, 6.07) is 5.91. The van der Waals surface area contributed by atoms with Gasteiger partial charge in [-0.05, 0) is 26.0 Å². The minimum atomic E-state index is -0.469. The summed E-state index contributed by atoms with van der Waals surface area (Å²) in [6.45, 7) is 4.09. The number of nitrogens with zero attached hydrogens (tertiary/aromatic N) is 1. The minimum absolute atomic E-state index is 0.179. The number of aromatic nitrogens is 1. The maximum atomic E-state index is 13.7. The number of para-hydroxylation sites is 1. The molecule has 0 bridgehead atoms. The summed E-state index contributed by atoms with van der Waals surface area (Å²) < 4.78 is 18.6. The second kappa shape index (κ2) is 5.51. The van der Waals surface area contributed by atoms with Crippen LogP contribution in [0.15, 0.2) is 28.8 Å². The topological polar surface area (TPSA) is 67.2 Å². The minimum Gasteiger partial charge on any atom is -0.382 e. The van der Waals surface area contributed by atoms with E-state index in [0.29, 0.717) is 12.2 Å². The first-order valence-corrected chi connectivity index (χ1v) is 5.89. The highest BCUT2D eigenvalue weighted by molar-refractivity contribution is 6.07. The average Bonchev–Trinajstić information content (AvgIpc) is 2.77. The number of hydrogen-bond donors (Lipinski definition) is 2. The van der Waals surface area contributed by atoms with E-state index < -0.39 is 11.7 Å². The molecule has 100 valence electrons. The maximum Gasteiger partial charge on any atom is 0.260 e. The summed E-state index contributed by atoms with van der Waals surface area (Å²) in [5, 5.41) is 9.02. The van der Waals surface area contributed by atoms with Gasteiger partial charge >= 0.3 is 0 Å². The van der Waals surface area contributed by atoms with Crippen LogP contribution in [0.5, 0.6) is 0 Å². The van der Waals surface area contributed by atoms with Crippen LogP contribution in [-0.4, -0.2) is 17.6 Å². The molecule has 0 aliphatic rings. The predicted octanol–water partition coefficient (Wildman–Crippen LogP) is 2.81. The summed E-state index contributed by atoms with van der Waals surface area (Å²) in [5.41, 5.74) is 1.05. The highest BCUT2D eigenvalue weighted by Crippen LogP contribution is 2.21. The first-order chi connectivity index (χ1) is 9.11. The summed E-state index contributed by atoms with van der Waals surface area (Å²) in [4.78, 5) is 12.1. The van der Waals surface area contributed by atoms with Gasteiger partial charge in [-0.15, -0.1) is 0 Å². The molecule has 2 N–H and O–H groups in total. The zero-order valence-corrected chi connectivity index (χ0v) is 10.7. The van der Waals surface area contributed by atoms with Crippen LogP contribution in [0.4, 0.5) is 16.0 Å². The van der Waals surface area contributed by atoms with Crippen molar-refractivity contribution in [2.75, 3.05) is 17.2 Å². The largest absolute Gasteiger partial charge is 0.382 e. The van der Waals surface area contributed by atoms with Gasteiger partial charge in [-0.25, -0.2) is 4.39 Å². The monoisotopic (exact) mass is 263 g/mol. The summed E-state index contributed by atoms with van der Waals surface area (Å²) >= 11 is 0. The van der Waals surface area contributed by atoms with Crippen molar-refractivity contribution in [3.63, 3.8) is 0 Å². The third kappa shape index (κ3) is 2.90. The van der Waals surface area contributed by atoms with Gasteiger partial charge in [0.15, 0.2) is 0 Å². The highest BCUT2D eigenvalue weighted by atomic mass is 19.1. The third-order valence-corrected chi connectivity index (χ3v) is 2.48. The van der Waals surface area contributed by atoms with Crippen molar-refractivity contribution in [3.8, 4) is 0 Å². The molecule has 0 radical (unpaired) electrons. The molecule has 1 aromatic carbocycles. The second-order valence-electron chi connectivity index (χ2n) is 3.98. The molecule has 0 fully saturated rings. The van der Waals surface area contributed by atoms with E-state index in [4.69, 9.17) is 4.52 Å². The van der Waals surface area contributed by atoms with E-state index in [9.17, 15) is 9.18 Å². The van der Waals surface area contributed by atoms with Crippen molar-refractivity contribution in [1.29, 1.82) is 0 Å². The fourth-order valence-corrected chi connectivity index (χ4v) is 1.67. The number of nitrogens with one attached hydrogen (secondary N) is 2. The Bertz CT molecular complexity index is 595. The molecule has 1 heterocycles. The molecule has 0 spiro atoms. The number of hydrogen-bond acceptors (Lipinski definition) is 4. The Morgan fingerprint density at radius 2 is 2.26 bits per heavy atom. The number of aryl methyl sites for hydroxylation is 1. The number of halogens is 1. The number of amides is 1. The SMILES string of the molecule is CCNc1c(F)cccc1C(=O)Nc1cc(C)no1. The molecule has 1 aromatic heterocycles. The van der Waals surface area contributed by atoms with Crippen molar-refractivity contribution >= 4 is 17.5 Å². The van der Waals surface area contributed by atoms with Crippen LogP contribution < -0.4 is 10.6 Å². The Balaban J connectivity index is 2.25. The summed E-state index contributed by atoms with van der Waals surface area (Å²) in [6.07, 6.45) is 0. The van der Waals surface area contributed by atoms with Crippen LogP contribution in [0.25, 0.3) is 0 Å². The van der Waals surface area contributed by atoms with Crippen LogP contribution >= 0.6 is 0 Å². The average molecular weight is 263 g/mol. The Morgan fingerprint density at radius 1 is 1.47 bits per heavy atom. The molecule has 1 amide bonds. The zero-order valence-electron chi connectivity index (χ0n) is 10.7. The molecule has 2 rings (SSSR count). The lowest BCUT2D eigenvalue weighted by Gasteiger charge is -2.10. The van der Waals surface area contributed by atoms with Gasteiger partial charge in [0, 0.05) is 12.6 Å². The van der Waals surface area contributed by atoms with Gasteiger partial charge < -0.3 is 9.84 Å². The highest BCUT2D eigenvalue weighted by Gasteiger charge is 2.16. The fourth-order valence-electron chi connectivity index (χ4n) is 1.67. The van der Waals surface area contributed by atoms with E-state index in [1.165, 1.54) is 12.1 Å². The first-order valence-electron chi connectivity index (χ1n) is 5.89. The van der Waals surface area contributed by atoms with Crippen LogP contribution in [0.1, 0.15) is 23.0 Å². The molecule has 5 nitrogen and oxygen atoms in total. The molecule has 2 aromatic rings. The number of carbonyl (C=O) groups excluding carboxylic acids is 1. The fraction of sp³-hybridized carbons (Fsp3) is 0.231. The van der Waals surface area contributed by atoms with Crippen molar-refractivity contribution in [2.24, 2.45) is 0 Å². The van der Waals surface area contributed by atoms with Crippen LogP contribution in [-0.2, 0) is 0 Å². The van der Waals surface area contributed by atoms with E-state index in [1.54, 1.807) is 19.1 Å². The Kier molecular flexibility index (Phi) is 3.79. The van der Waals surface area contributed by atoms with E-state index in [2.05, 4.69) is 15.8 Å². The van der Waals surface area contributed by atoms with Crippen LogP contribution in [0.3, 0.4) is 0 Å². The lowest BCUT2D eigenvalue weighted by atomic mass is 10.1. The molecular weight excluding hydrogens is 249 g/mol. The van der Waals surface area contributed by atoms with E-state index >= 15 is 0 Å². The first kappa shape index (κ1) is 13.1. The number of carbonyl (C=O) groups is 1. The maximum absolute atomic E-state index is 13.7. The second-order valence-corrected chi connectivity index (χ2v) is 3.98. The van der Waals surface area contributed by atoms with E-state index in [-0.39, 0.29) is 17.1 Å². The van der Waals surface area contributed by atoms with Crippen molar-refractivity contribution < 1.29 is 13.7 Å². The molecule has 19 heavy (non-hydrogen) atoms. The number of rotatable bonds is 4. The molecule has 0 aliphatic carbocycles. The molecular formula is C13H14FN3O2. The van der Waals surface area contributed by atoms with Crippen molar-refractivity contribution in [2.45, 2.75) is 13.8 Å². The van der Waals surface area contributed by atoms with Crippen molar-refractivity contribution in [3.05, 3.63) is 41.3 Å². The Labute approximate surface area is 109 Å². The van der Waals surface area contributed by atoms with E-state index in [0.717, 1.165) is 0 Å². The molecule has 0 unspecified atom stereocenters. The quantitative estimate of drug-likeness (QED) is 0.890. The molecule has 0 aliphatic heterocycles. The molecule has 0 saturated carbocycles. The van der Waals surface area contributed by atoms with Crippen LogP contribution in [0, 0.1) is 12.7 Å². The van der Waals surface area contributed by atoms with E-state index in [1.807, 2.05) is 6.92 Å². The number of benzene rings is 1. The van der Waals surface area contributed by atoms with Gasteiger partial charge in [-0.1, -0.05) is 11.2 Å². The predicted molar refractivity (Wildman–Crippen MR) is 69.8 cm³/mol. The normalized spacial score (nSPS) is 10.3. The summed E-state index contributed by atoms with van der Waals surface area (Å²) in [7, 11) is 0. The van der Waals surface area contributed by atoms with Gasteiger partial charge in [0.25, 0.3) is 5.91 Å². The van der Waals surface area contributed by atoms with Crippen LogP contribution in [0.2, 0.25) is 0 Å². The number of anilines is 2. The molecule has 0 saturated heterocycles. The Morgan fingerprint density at radius 3 is 2.89 bits per heavy atom. The Hall–Kier alpha value is -2.37. The lowest BCUT2D eigenvalue weighted by Crippen LogP contribution is -2.15. The van der Waals surface area contributed by atoms with Gasteiger partial charge in [0.2, 0.25) is 5.88 Å². The third-order valence-electron chi connectivity index (χ3n) is 2.48. The van der Waals surface area contributed by atoms with Gasteiger partial charge in [0.05, 0.1) is 16.9 Å². The zero-order chi connectivity index (χ0) is 13.8. The standard InChI is InChI=1S/C13H14FN3O2/c1-3-15-12-9(5-4-6-10(12)14)13(18)16-11-7-8(2)17-19-11/h4-7,15H,3H2,1-2H3,(H,16,18). The smallest absolute Gasteiger partial charge is 0.260 e. The van der Waals surface area contributed by atoms with Gasteiger partial charge in [-0.3, -0.25) is 10.1 Å². The summed E-state index contributed by atoms with van der Waals surface area (Å²) in [5.74, 6) is -0.691. The van der Waals surface area contributed by atoms with Gasteiger partial charge in [0.1, 0.15) is 5.82 Å². The lowest BCUT2D eigenvalue weighted by molar-refractivity contribution is 0.102.